The SMILES string of the molecule is Cc1nc(C)c(C(C)Nc2cnc(C#N)cn2)s1. The van der Waals surface area contributed by atoms with Gasteiger partial charge >= 0.3 is 0 Å². The van der Waals surface area contributed by atoms with Gasteiger partial charge in [0, 0.05) is 4.88 Å². The number of nitriles is 1. The Morgan fingerprint density at radius 2 is 2.11 bits per heavy atom. The highest BCUT2D eigenvalue weighted by Gasteiger charge is 2.13. The Morgan fingerprint density at radius 1 is 1.33 bits per heavy atom. The van der Waals surface area contributed by atoms with Gasteiger partial charge in [-0.15, -0.1) is 11.3 Å². The van der Waals surface area contributed by atoms with Crippen LogP contribution in [0, 0.1) is 25.2 Å². The van der Waals surface area contributed by atoms with Crippen LogP contribution in [0.1, 0.15) is 34.2 Å². The zero-order chi connectivity index (χ0) is 13.1. The van der Waals surface area contributed by atoms with Crippen LogP contribution < -0.4 is 5.32 Å². The molecule has 2 rings (SSSR count). The number of nitrogens with zero attached hydrogens (tertiary/aromatic N) is 4. The number of thiazole rings is 1. The van der Waals surface area contributed by atoms with Gasteiger partial charge < -0.3 is 5.32 Å². The van der Waals surface area contributed by atoms with Gasteiger partial charge in [0.05, 0.1) is 29.1 Å². The fourth-order valence-corrected chi connectivity index (χ4v) is 2.63. The van der Waals surface area contributed by atoms with E-state index in [2.05, 4.69) is 27.2 Å². The molecule has 1 atom stereocenters. The number of rotatable bonds is 3. The second-order valence-corrected chi connectivity index (χ2v) is 5.18. The van der Waals surface area contributed by atoms with Gasteiger partial charge in [-0.3, -0.25) is 0 Å². The zero-order valence-corrected chi connectivity index (χ0v) is 11.2. The third kappa shape index (κ3) is 2.63. The fourth-order valence-electron chi connectivity index (χ4n) is 1.70. The number of nitrogens with one attached hydrogen (secondary N) is 1. The van der Waals surface area contributed by atoms with Gasteiger partial charge in [0.1, 0.15) is 11.9 Å². The molecular formula is C12H13N5S. The second kappa shape index (κ2) is 5.10. The van der Waals surface area contributed by atoms with Gasteiger partial charge in [0.15, 0.2) is 5.69 Å². The monoisotopic (exact) mass is 259 g/mol. The Kier molecular flexibility index (Phi) is 3.53. The van der Waals surface area contributed by atoms with Gasteiger partial charge in [-0.05, 0) is 20.8 Å². The van der Waals surface area contributed by atoms with E-state index in [0.717, 1.165) is 10.7 Å². The first-order chi connectivity index (χ1) is 8.60. The van der Waals surface area contributed by atoms with Crippen molar-refractivity contribution in [1.82, 2.24) is 15.0 Å². The molecule has 0 spiro atoms. The Labute approximate surface area is 110 Å². The van der Waals surface area contributed by atoms with E-state index in [0.29, 0.717) is 11.5 Å². The molecule has 0 bridgehead atoms. The molecule has 0 aliphatic carbocycles. The largest absolute Gasteiger partial charge is 0.361 e. The van der Waals surface area contributed by atoms with Crippen molar-refractivity contribution in [3.05, 3.63) is 33.7 Å². The van der Waals surface area contributed by atoms with Crippen LogP contribution in [0.5, 0.6) is 0 Å². The van der Waals surface area contributed by atoms with Crippen molar-refractivity contribution < 1.29 is 0 Å². The minimum Gasteiger partial charge on any atom is -0.361 e. The summed E-state index contributed by atoms with van der Waals surface area (Å²) in [5, 5.41) is 13.0. The summed E-state index contributed by atoms with van der Waals surface area (Å²) in [5.41, 5.74) is 1.36. The molecule has 2 aromatic rings. The molecule has 0 fully saturated rings. The van der Waals surface area contributed by atoms with E-state index in [1.165, 1.54) is 11.1 Å². The van der Waals surface area contributed by atoms with Gasteiger partial charge in [-0.1, -0.05) is 0 Å². The van der Waals surface area contributed by atoms with Crippen molar-refractivity contribution in [2.45, 2.75) is 26.8 Å². The molecule has 2 aromatic heterocycles. The van der Waals surface area contributed by atoms with Gasteiger partial charge in [0.25, 0.3) is 0 Å². The first-order valence-corrected chi connectivity index (χ1v) is 6.34. The quantitative estimate of drug-likeness (QED) is 0.917. The van der Waals surface area contributed by atoms with Crippen molar-refractivity contribution in [1.29, 1.82) is 5.26 Å². The molecule has 6 heteroatoms. The Balaban J connectivity index is 2.13. The summed E-state index contributed by atoms with van der Waals surface area (Å²) in [7, 11) is 0. The molecule has 0 saturated carbocycles. The molecular weight excluding hydrogens is 246 g/mol. The Hall–Kier alpha value is -2.00. The molecule has 0 aliphatic heterocycles. The number of hydrogen-bond donors (Lipinski definition) is 1. The maximum atomic E-state index is 8.65. The number of aromatic nitrogens is 3. The van der Waals surface area contributed by atoms with Crippen LogP contribution >= 0.6 is 11.3 Å². The molecule has 0 radical (unpaired) electrons. The lowest BCUT2D eigenvalue weighted by molar-refractivity contribution is 0.876. The summed E-state index contributed by atoms with van der Waals surface area (Å²) >= 11 is 1.68. The normalized spacial score (nSPS) is 11.9. The standard InChI is InChI=1S/C12H13N5S/c1-7-12(18-9(3)16-7)8(2)17-11-6-14-10(4-13)5-15-11/h5-6,8H,1-3H3,(H,15,17). The third-order valence-electron chi connectivity index (χ3n) is 2.46. The lowest BCUT2D eigenvalue weighted by atomic mass is 10.2. The molecule has 92 valence electrons. The molecule has 1 unspecified atom stereocenters. The number of anilines is 1. The first kappa shape index (κ1) is 12.5. The predicted molar refractivity (Wildman–Crippen MR) is 70.4 cm³/mol. The van der Waals surface area contributed by atoms with Crippen molar-refractivity contribution >= 4 is 17.2 Å². The summed E-state index contributed by atoms with van der Waals surface area (Å²) in [6.45, 7) is 6.05. The smallest absolute Gasteiger partial charge is 0.158 e. The molecule has 0 amide bonds. The van der Waals surface area contributed by atoms with Crippen molar-refractivity contribution in [3.63, 3.8) is 0 Å². The van der Waals surface area contributed by atoms with Crippen LogP contribution in [0.25, 0.3) is 0 Å². The van der Waals surface area contributed by atoms with Crippen LogP contribution in [0.15, 0.2) is 12.4 Å². The van der Waals surface area contributed by atoms with Gasteiger partial charge in [0.2, 0.25) is 0 Å². The number of hydrogen-bond acceptors (Lipinski definition) is 6. The lowest BCUT2D eigenvalue weighted by Crippen LogP contribution is -2.08. The topological polar surface area (TPSA) is 74.5 Å². The van der Waals surface area contributed by atoms with E-state index in [1.807, 2.05) is 19.9 Å². The van der Waals surface area contributed by atoms with Crippen LogP contribution in [0.2, 0.25) is 0 Å². The predicted octanol–water partition coefficient (Wildman–Crippen LogP) is 2.59. The van der Waals surface area contributed by atoms with Crippen LogP contribution in [-0.4, -0.2) is 15.0 Å². The summed E-state index contributed by atoms with van der Waals surface area (Å²) < 4.78 is 0. The van der Waals surface area contributed by atoms with E-state index >= 15 is 0 Å². The summed E-state index contributed by atoms with van der Waals surface area (Å²) in [6.07, 6.45) is 3.03. The third-order valence-corrected chi connectivity index (χ3v) is 3.72. The zero-order valence-electron chi connectivity index (χ0n) is 10.4. The average molecular weight is 259 g/mol. The maximum absolute atomic E-state index is 8.65. The van der Waals surface area contributed by atoms with E-state index < -0.39 is 0 Å². The van der Waals surface area contributed by atoms with Crippen LogP contribution in [0.3, 0.4) is 0 Å². The van der Waals surface area contributed by atoms with Crippen molar-refractivity contribution in [2.75, 3.05) is 5.32 Å². The van der Waals surface area contributed by atoms with E-state index in [1.54, 1.807) is 17.5 Å². The molecule has 1 N–H and O–H groups in total. The van der Waals surface area contributed by atoms with Gasteiger partial charge in [-0.25, -0.2) is 15.0 Å². The van der Waals surface area contributed by atoms with E-state index in [9.17, 15) is 0 Å². The fraction of sp³-hybridized carbons (Fsp3) is 0.333. The van der Waals surface area contributed by atoms with Crippen LogP contribution in [-0.2, 0) is 0 Å². The second-order valence-electron chi connectivity index (χ2n) is 3.95. The lowest BCUT2D eigenvalue weighted by Gasteiger charge is -2.12. The summed E-state index contributed by atoms with van der Waals surface area (Å²) in [4.78, 5) is 13.7. The maximum Gasteiger partial charge on any atom is 0.158 e. The van der Waals surface area contributed by atoms with Crippen molar-refractivity contribution in [3.8, 4) is 6.07 Å². The minimum absolute atomic E-state index is 0.124. The highest BCUT2D eigenvalue weighted by atomic mass is 32.1. The summed E-state index contributed by atoms with van der Waals surface area (Å²) in [6, 6.07) is 2.07. The molecule has 0 aromatic carbocycles. The molecule has 0 aliphatic rings. The number of aryl methyl sites for hydroxylation is 2. The molecule has 18 heavy (non-hydrogen) atoms. The van der Waals surface area contributed by atoms with Gasteiger partial charge in [-0.2, -0.15) is 5.26 Å². The highest BCUT2D eigenvalue weighted by molar-refractivity contribution is 7.11. The Morgan fingerprint density at radius 3 is 2.61 bits per heavy atom. The van der Waals surface area contributed by atoms with E-state index in [-0.39, 0.29) is 6.04 Å². The van der Waals surface area contributed by atoms with E-state index in [4.69, 9.17) is 5.26 Å². The molecule has 0 saturated heterocycles. The average Bonchev–Trinajstić information content (AvgIpc) is 2.69. The van der Waals surface area contributed by atoms with Crippen molar-refractivity contribution in [2.24, 2.45) is 0 Å². The molecule has 2 heterocycles. The first-order valence-electron chi connectivity index (χ1n) is 5.52. The van der Waals surface area contributed by atoms with Crippen LogP contribution in [0.4, 0.5) is 5.82 Å². The Bertz CT molecular complexity index is 582. The minimum atomic E-state index is 0.124. The summed E-state index contributed by atoms with van der Waals surface area (Å²) in [5.74, 6) is 0.659. The highest BCUT2D eigenvalue weighted by Crippen LogP contribution is 2.26. The molecule has 5 nitrogen and oxygen atoms in total.